The molecule has 0 unspecified atom stereocenters. The van der Waals surface area contributed by atoms with Gasteiger partial charge in [0.2, 0.25) is 5.75 Å². The van der Waals surface area contributed by atoms with E-state index in [4.69, 9.17) is 16.3 Å². The summed E-state index contributed by atoms with van der Waals surface area (Å²) in [6.07, 6.45) is -1.49. The second-order valence-corrected chi connectivity index (χ2v) is 8.92. The average molecular weight is 507 g/mol. The van der Waals surface area contributed by atoms with Crippen LogP contribution in [0.5, 0.6) is 5.75 Å². The van der Waals surface area contributed by atoms with E-state index in [0.29, 0.717) is 29.3 Å². The van der Waals surface area contributed by atoms with E-state index in [0.717, 1.165) is 37.1 Å². The number of alkyl halides is 3. The van der Waals surface area contributed by atoms with Crippen LogP contribution in [0.25, 0.3) is 0 Å². The van der Waals surface area contributed by atoms with Gasteiger partial charge >= 0.3 is 6.18 Å². The largest absolute Gasteiger partial charge is 0.486 e. The van der Waals surface area contributed by atoms with Crippen molar-refractivity contribution in [3.63, 3.8) is 0 Å². The molecule has 1 aromatic heterocycles. The average Bonchev–Trinajstić information content (AvgIpc) is 3.17. The number of aromatic nitrogens is 2. The number of ether oxygens (including phenoxy) is 1. The van der Waals surface area contributed by atoms with Crippen LogP contribution in [0, 0.1) is 5.92 Å². The molecule has 3 heterocycles. The van der Waals surface area contributed by atoms with E-state index < -0.39 is 24.3 Å². The van der Waals surface area contributed by atoms with Crippen LogP contribution in [0.1, 0.15) is 42.8 Å². The lowest BCUT2D eigenvalue weighted by atomic mass is 9.99. The molecule has 0 bridgehead atoms. The first-order valence-corrected chi connectivity index (χ1v) is 11.1. The van der Waals surface area contributed by atoms with Gasteiger partial charge in [-0.15, -0.1) is 12.4 Å². The smallest absolute Gasteiger partial charge is 0.406 e. The molecule has 4 rings (SSSR count). The van der Waals surface area contributed by atoms with Gasteiger partial charge in [0.15, 0.2) is 0 Å². The van der Waals surface area contributed by atoms with E-state index in [9.17, 15) is 18.0 Å². The molecule has 1 N–H and O–H groups in total. The zero-order valence-corrected chi connectivity index (χ0v) is 19.8. The van der Waals surface area contributed by atoms with Crippen LogP contribution in [-0.2, 0) is 19.6 Å². The number of nitrogens with zero attached hydrogens (tertiary/aromatic N) is 3. The summed E-state index contributed by atoms with van der Waals surface area (Å²) in [7, 11) is 0. The summed E-state index contributed by atoms with van der Waals surface area (Å²) in [6, 6.07) is 5.06. The molecule has 0 aliphatic carbocycles. The number of benzene rings is 1. The Kier molecular flexibility index (Phi) is 8.31. The SMILES string of the molecule is C[C@@H](c1ncc(OCC2CCNCC2)c(=O)n1CC(F)(F)F)N1Cc2ccc(Cl)cc2C1.Cl. The predicted molar refractivity (Wildman–Crippen MR) is 122 cm³/mol. The van der Waals surface area contributed by atoms with Crippen molar-refractivity contribution >= 4 is 24.0 Å². The lowest BCUT2D eigenvalue weighted by Gasteiger charge is -2.27. The number of piperidine rings is 1. The molecular weight excluding hydrogens is 480 g/mol. The Hall–Kier alpha value is -1.81. The molecule has 2 aromatic rings. The number of halogens is 5. The summed E-state index contributed by atoms with van der Waals surface area (Å²) < 4.78 is 46.4. The summed E-state index contributed by atoms with van der Waals surface area (Å²) in [5.74, 6) is 0.195. The minimum atomic E-state index is -4.56. The van der Waals surface area contributed by atoms with Crippen molar-refractivity contribution in [3.05, 3.63) is 56.7 Å². The van der Waals surface area contributed by atoms with Gasteiger partial charge in [0.05, 0.1) is 18.8 Å². The molecule has 33 heavy (non-hydrogen) atoms. The highest BCUT2D eigenvalue weighted by atomic mass is 35.5. The molecule has 1 aromatic carbocycles. The van der Waals surface area contributed by atoms with Gasteiger partial charge in [-0.1, -0.05) is 17.7 Å². The van der Waals surface area contributed by atoms with Crippen molar-refractivity contribution in [2.24, 2.45) is 5.92 Å². The molecule has 0 amide bonds. The molecule has 6 nitrogen and oxygen atoms in total. The first-order chi connectivity index (χ1) is 15.2. The van der Waals surface area contributed by atoms with E-state index in [1.807, 2.05) is 17.0 Å². The van der Waals surface area contributed by atoms with Crippen molar-refractivity contribution in [1.82, 2.24) is 19.8 Å². The highest BCUT2D eigenvalue weighted by molar-refractivity contribution is 6.30. The Labute approximate surface area is 201 Å². The number of hydrogen-bond acceptors (Lipinski definition) is 5. The first kappa shape index (κ1) is 25.8. The van der Waals surface area contributed by atoms with Crippen LogP contribution in [0.3, 0.4) is 0 Å². The minimum Gasteiger partial charge on any atom is -0.486 e. The van der Waals surface area contributed by atoms with E-state index in [1.165, 1.54) is 6.20 Å². The third kappa shape index (κ3) is 6.20. The molecule has 2 aliphatic heterocycles. The number of rotatable bonds is 6. The highest BCUT2D eigenvalue weighted by Gasteiger charge is 2.34. The normalized spacial score (nSPS) is 18.0. The van der Waals surface area contributed by atoms with E-state index in [-0.39, 0.29) is 29.9 Å². The Morgan fingerprint density at radius 2 is 1.94 bits per heavy atom. The highest BCUT2D eigenvalue weighted by Crippen LogP contribution is 2.32. The lowest BCUT2D eigenvalue weighted by Crippen LogP contribution is -2.36. The van der Waals surface area contributed by atoms with Crippen molar-refractivity contribution in [2.75, 3.05) is 19.7 Å². The first-order valence-electron chi connectivity index (χ1n) is 10.7. The van der Waals surface area contributed by atoms with Gasteiger partial charge in [-0.2, -0.15) is 13.2 Å². The standard InChI is InChI=1S/C22H26ClF3N4O2.ClH/c1-14(29-10-16-2-3-18(23)8-17(16)11-29)20-28-9-19(21(31)30(20)13-22(24,25)26)32-12-15-4-6-27-7-5-15;/h2-3,8-9,14-15,27H,4-7,10-13H2,1H3;1H/t14-;/m0./s1. The molecule has 1 atom stereocenters. The zero-order valence-electron chi connectivity index (χ0n) is 18.2. The Bertz CT molecular complexity index is 1030. The topological polar surface area (TPSA) is 59.4 Å². The van der Waals surface area contributed by atoms with Gasteiger partial charge in [-0.3, -0.25) is 14.3 Å². The second-order valence-electron chi connectivity index (χ2n) is 8.49. The maximum atomic E-state index is 13.3. The third-order valence-electron chi connectivity index (χ3n) is 6.15. The fourth-order valence-corrected chi connectivity index (χ4v) is 4.53. The van der Waals surface area contributed by atoms with Crippen molar-refractivity contribution in [2.45, 2.75) is 51.6 Å². The van der Waals surface area contributed by atoms with Crippen LogP contribution >= 0.6 is 24.0 Å². The molecule has 0 radical (unpaired) electrons. The van der Waals surface area contributed by atoms with Gasteiger partial charge < -0.3 is 10.1 Å². The molecule has 11 heteroatoms. The summed E-state index contributed by atoms with van der Waals surface area (Å²) in [4.78, 5) is 19.2. The molecule has 2 aliphatic rings. The van der Waals surface area contributed by atoms with Crippen molar-refractivity contribution in [3.8, 4) is 5.75 Å². The third-order valence-corrected chi connectivity index (χ3v) is 6.39. The summed E-state index contributed by atoms with van der Waals surface area (Å²) >= 11 is 6.07. The van der Waals surface area contributed by atoms with E-state index >= 15 is 0 Å². The fraction of sp³-hybridized carbons (Fsp3) is 0.545. The molecule has 1 fully saturated rings. The zero-order chi connectivity index (χ0) is 22.9. The van der Waals surface area contributed by atoms with Crippen LogP contribution in [0.15, 0.2) is 29.2 Å². The quantitative estimate of drug-likeness (QED) is 0.631. The summed E-state index contributed by atoms with van der Waals surface area (Å²) in [5.41, 5.74) is 1.29. The lowest BCUT2D eigenvalue weighted by molar-refractivity contribution is -0.142. The predicted octanol–water partition coefficient (Wildman–Crippen LogP) is 4.34. The molecule has 182 valence electrons. The van der Waals surface area contributed by atoms with Gasteiger partial charge in [-0.05, 0) is 62.0 Å². The summed E-state index contributed by atoms with van der Waals surface area (Å²) in [6.45, 7) is 3.44. The Morgan fingerprint density at radius 1 is 1.24 bits per heavy atom. The molecule has 0 saturated carbocycles. The van der Waals surface area contributed by atoms with Gasteiger partial charge in [0.25, 0.3) is 5.56 Å². The van der Waals surface area contributed by atoms with Crippen molar-refractivity contribution < 1.29 is 17.9 Å². The van der Waals surface area contributed by atoms with Gasteiger partial charge in [0, 0.05) is 18.1 Å². The monoisotopic (exact) mass is 506 g/mol. The second kappa shape index (κ2) is 10.6. The number of fused-ring (bicyclic) bond motifs is 1. The maximum absolute atomic E-state index is 13.3. The van der Waals surface area contributed by atoms with Crippen molar-refractivity contribution in [1.29, 1.82) is 0 Å². The number of nitrogens with one attached hydrogen (secondary N) is 1. The molecular formula is C22H27Cl2F3N4O2. The Balaban J connectivity index is 0.00000306. The van der Waals surface area contributed by atoms with Crippen LogP contribution in [-0.4, -0.2) is 40.3 Å². The van der Waals surface area contributed by atoms with Gasteiger partial charge in [-0.25, -0.2) is 4.98 Å². The molecule has 1 saturated heterocycles. The van der Waals surface area contributed by atoms with Crippen LogP contribution in [0.2, 0.25) is 5.02 Å². The fourth-order valence-electron chi connectivity index (χ4n) is 4.33. The van der Waals surface area contributed by atoms with Crippen LogP contribution in [0.4, 0.5) is 13.2 Å². The van der Waals surface area contributed by atoms with Gasteiger partial charge in [0.1, 0.15) is 12.4 Å². The maximum Gasteiger partial charge on any atom is 0.406 e. The number of hydrogen-bond donors (Lipinski definition) is 1. The van der Waals surface area contributed by atoms with Crippen LogP contribution < -0.4 is 15.6 Å². The van der Waals surface area contributed by atoms with E-state index in [1.54, 1.807) is 13.0 Å². The minimum absolute atomic E-state index is 0. The van der Waals surface area contributed by atoms with E-state index in [2.05, 4.69) is 10.3 Å². The Morgan fingerprint density at radius 3 is 2.64 bits per heavy atom. The molecule has 0 spiro atoms. The summed E-state index contributed by atoms with van der Waals surface area (Å²) in [5, 5.41) is 3.86.